The highest BCUT2D eigenvalue weighted by atomic mass is 16.4. The van der Waals surface area contributed by atoms with Crippen LogP contribution in [0, 0.1) is 11.8 Å². The van der Waals surface area contributed by atoms with Gasteiger partial charge in [-0.05, 0) is 36.0 Å². The summed E-state index contributed by atoms with van der Waals surface area (Å²) >= 11 is 0. The van der Waals surface area contributed by atoms with Crippen molar-refractivity contribution in [3.05, 3.63) is 29.8 Å². The average molecular weight is 495 g/mol. The summed E-state index contributed by atoms with van der Waals surface area (Å²) in [5.41, 5.74) is 6.18. The van der Waals surface area contributed by atoms with Gasteiger partial charge in [0.05, 0.1) is 6.61 Å². The number of rotatable bonds is 14. The third kappa shape index (κ3) is 9.91. The van der Waals surface area contributed by atoms with Crippen molar-refractivity contribution in [2.45, 2.75) is 71.1 Å². The molecule has 3 amide bonds. The molecule has 5 unspecified atom stereocenters. The van der Waals surface area contributed by atoms with Gasteiger partial charge in [0.25, 0.3) is 0 Å². The first-order chi connectivity index (χ1) is 16.4. The molecule has 0 aliphatic rings. The molecule has 0 spiro atoms. The van der Waals surface area contributed by atoms with Crippen LogP contribution in [0.3, 0.4) is 0 Å². The molecule has 0 aliphatic carbocycles. The standard InChI is InChI=1S/C24H38N4O7/c1-5-14(4)20(28-21(31)17(25)12-29)23(33)26-18(11-15-6-8-16(30)9-7-15)22(32)27-19(24(34)35)10-13(2)3/h6-9,13-14,17-20,29-30H,5,10-12,25H2,1-4H3,(H,26,33)(H,27,32)(H,28,31)(H,34,35). The molecular formula is C24H38N4O7. The van der Waals surface area contributed by atoms with Gasteiger partial charge in [-0.15, -0.1) is 0 Å². The van der Waals surface area contributed by atoms with Crippen molar-refractivity contribution >= 4 is 23.7 Å². The average Bonchev–Trinajstić information content (AvgIpc) is 2.81. The van der Waals surface area contributed by atoms with Gasteiger partial charge < -0.3 is 37.0 Å². The molecule has 11 heteroatoms. The molecule has 35 heavy (non-hydrogen) atoms. The van der Waals surface area contributed by atoms with Gasteiger partial charge in [-0.25, -0.2) is 4.79 Å². The molecule has 0 bridgehead atoms. The lowest BCUT2D eigenvalue weighted by Crippen LogP contribution is -2.59. The highest BCUT2D eigenvalue weighted by molar-refractivity contribution is 5.94. The zero-order chi connectivity index (χ0) is 26.7. The van der Waals surface area contributed by atoms with Crippen molar-refractivity contribution in [3.63, 3.8) is 0 Å². The first-order valence-electron chi connectivity index (χ1n) is 11.7. The third-order valence-corrected chi connectivity index (χ3v) is 5.66. The summed E-state index contributed by atoms with van der Waals surface area (Å²) in [4.78, 5) is 50.2. The highest BCUT2D eigenvalue weighted by Crippen LogP contribution is 2.14. The van der Waals surface area contributed by atoms with Crippen LogP contribution in [0.15, 0.2) is 24.3 Å². The molecule has 0 saturated heterocycles. The van der Waals surface area contributed by atoms with E-state index in [0.29, 0.717) is 12.0 Å². The smallest absolute Gasteiger partial charge is 0.326 e. The molecule has 5 atom stereocenters. The maximum Gasteiger partial charge on any atom is 0.326 e. The van der Waals surface area contributed by atoms with Gasteiger partial charge in [0.2, 0.25) is 17.7 Å². The number of aliphatic hydroxyl groups is 1. The number of benzene rings is 1. The quantitative estimate of drug-likeness (QED) is 0.186. The molecule has 0 aromatic heterocycles. The van der Waals surface area contributed by atoms with Gasteiger partial charge in [0.1, 0.15) is 29.9 Å². The predicted molar refractivity (Wildman–Crippen MR) is 129 cm³/mol. The van der Waals surface area contributed by atoms with E-state index in [9.17, 15) is 29.4 Å². The van der Waals surface area contributed by atoms with Crippen LogP contribution in [-0.4, -0.2) is 69.8 Å². The van der Waals surface area contributed by atoms with Crippen LogP contribution in [0.2, 0.25) is 0 Å². The number of hydrogen-bond donors (Lipinski definition) is 7. The molecule has 1 aromatic carbocycles. The van der Waals surface area contributed by atoms with Crippen LogP contribution in [0.5, 0.6) is 5.75 Å². The van der Waals surface area contributed by atoms with Gasteiger partial charge in [-0.2, -0.15) is 0 Å². The molecule has 1 rings (SSSR count). The number of carbonyl (C=O) groups is 4. The Bertz CT molecular complexity index is 860. The Balaban J connectivity index is 3.18. The Kier molecular flexibility index (Phi) is 12.2. The predicted octanol–water partition coefficient (Wildman–Crippen LogP) is -0.114. The van der Waals surface area contributed by atoms with Crippen LogP contribution in [0.4, 0.5) is 0 Å². The third-order valence-electron chi connectivity index (χ3n) is 5.66. The number of carboxylic acid groups (broad SMARTS) is 1. The summed E-state index contributed by atoms with van der Waals surface area (Å²) in [5, 5.41) is 35.8. The largest absolute Gasteiger partial charge is 0.508 e. The van der Waals surface area contributed by atoms with E-state index in [-0.39, 0.29) is 30.4 Å². The molecule has 0 fully saturated rings. The second-order valence-electron chi connectivity index (χ2n) is 9.12. The van der Waals surface area contributed by atoms with Crippen molar-refractivity contribution in [1.82, 2.24) is 16.0 Å². The monoisotopic (exact) mass is 494 g/mol. The number of aromatic hydroxyl groups is 1. The molecule has 8 N–H and O–H groups in total. The van der Waals surface area contributed by atoms with E-state index in [1.807, 2.05) is 20.8 Å². The Morgan fingerprint density at radius 2 is 1.49 bits per heavy atom. The van der Waals surface area contributed by atoms with Gasteiger partial charge in [-0.3, -0.25) is 14.4 Å². The molecule has 0 aliphatic heterocycles. The van der Waals surface area contributed by atoms with Crippen molar-refractivity contribution in [3.8, 4) is 5.75 Å². The summed E-state index contributed by atoms with van der Waals surface area (Å²) < 4.78 is 0. The molecule has 196 valence electrons. The van der Waals surface area contributed by atoms with Gasteiger partial charge in [0.15, 0.2) is 0 Å². The van der Waals surface area contributed by atoms with Crippen LogP contribution >= 0.6 is 0 Å². The summed E-state index contributed by atoms with van der Waals surface area (Å²) in [6.07, 6.45) is 0.742. The van der Waals surface area contributed by atoms with Crippen molar-refractivity contribution in [1.29, 1.82) is 0 Å². The minimum atomic E-state index is -1.21. The topological polar surface area (TPSA) is 191 Å². The zero-order valence-corrected chi connectivity index (χ0v) is 20.7. The lowest BCUT2D eigenvalue weighted by Gasteiger charge is -2.28. The van der Waals surface area contributed by atoms with Crippen LogP contribution in [-0.2, 0) is 25.6 Å². The molecular weight excluding hydrogens is 456 g/mol. The molecule has 0 saturated carbocycles. The fraction of sp³-hybridized carbons (Fsp3) is 0.583. The van der Waals surface area contributed by atoms with Gasteiger partial charge in [0, 0.05) is 6.42 Å². The van der Waals surface area contributed by atoms with E-state index in [2.05, 4.69) is 16.0 Å². The Morgan fingerprint density at radius 1 is 0.914 bits per heavy atom. The van der Waals surface area contributed by atoms with Gasteiger partial charge >= 0.3 is 5.97 Å². The zero-order valence-electron chi connectivity index (χ0n) is 20.7. The first kappa shape index (κ1) is 29.9. The van der Waals surface area contributed by atoms with E-state index in [0.717, 1.165) is 0 Å². The number of nitrogens with one attached hydrogen (secondary N) is 3. The highest BCUT2D eigenvalue weighted by Gasteiger charge is 2.32. The minimum absolute atomic E-state index is 0.00210. The number of hydrogen-bond acceptors (Lipinski definition) is 7. The number of carboxylic acids is 1. The molecule has 1 aromatic rings. The minimum Gasteiger partial charge on any atom is -0.508 e. The van der Waals surface area contributed by atoms with E-state index in [4.69, 9.17) is 10.8 Å². The van der Waals surface area contributed by atoms with Gasteiger partial charge in [-0.1, -0.05) is 46.2 Å². The number of carbonyl (C=O) groups excluding carboxylic acids is 3. The summed E-state index contributed by atoms with van der Waals surface area (Å²) in [6, 6.07) is 1.49. The Labute approximate surface area is 205 Å². The number of phenols is 1. The lowest BCUT2D eigenvalue weighted by atomic mass is 9.96. The number of amides is 3. The van der Waals surface area contributed by atoms with E-state index < -0.39 is 54.5 Å². The summed E-state index contributed by atoms with van der Waals surface area (Å²) in [6.45, 7) is 6.63. The maximum atomic E-state index is 13.2. The van der Waals surface area contributed by atoms with Crippen molar-refractivity contribution in [2.24, 2.45) is 17.6 Å². The second kappa shape index (κ2) is 14.3. The second-order valence-corrected chi connectivity index (χ2v) is 9.12. The van der Waals surface area contributed by atoms with Crippen molar-refractivity contribution < 1.29 is 34.5 Å². The fourth-order valence-corrected chi connectivity index (χ4v) is 3.35. The molecule has 0 radical (unpaired) electrons. The number of aliphatic hydroxyl groups excluding tert-OH is 1. The Hall–Kier alpha value is -3.18. The Morgan fingerprint density at radius 3 is 1.97 bits per heavy atom. The van der Waals surface area contributed by atoms with E-state index in [1.165, 1.54) is 12.1 Å². The maximum absolute atomic E-state index is 13.2. The first-order valence-corrected chi connectivity index (χ1v) is 11.7. The summed E-state index contributed by atoms with van der Waals surface area (Å²) in [5.74, 6) is -3.54. The van der Waals surface area contributed by atoms with Crippen molar-refractivity contribution in [2.75, 3.05) is 6.61 Å². The number of aliphatic carboxylic acids is 1. The van der Waals surface area contributed by atoms with Crippen LogP contribution < -0.4 is 21.7 Å². The SMILES string of the molecule is CCC(C)C(NC(=O)C(N)CO)C(=O)NC(Cc1ccc(O)cc1)C(=O)NC(CC(C)C)C(=O)O. The van der Waals surface area contributed by atoms with Crippen LogP contribution in [0.1, 0.15) is 46.1 Å². The van der Waals surface area contributed by atoms with E-state index >= 15 is 0 Å². The number of nitrogens with two attached hydrogens (primary N) is 1. The van der Waals surface area contributed by atoms with E-state index in [1.54, 1.807) is 19.1 Å². The molecule has 0 heterocycles. The lowest BCUT2D eigenvalue weighted by molar-refractivity contribution is -0.142. The summed E-state index contributed by atoms with van der Waals surface area (Å²) in [7, 11) is 0. The fourth-order valence-electron chi connectivity index (χ4n) is 3.35. The number of phenolic OH excluding ortho intramolecular Hbond substituents is 1. The van der Waals surface area contributed by atoms with Crippen LogP contribution in [0.25, 0.3) is 0 Å². The normalized spacial score (nSPS) is 15.4. The molecule has 11 nitrogen and oxygen atoms in total.